The Morgan fingerprint density at radius 2 is 1.67 bits per heavy atom. The summed E-state index contributed by atoms with van der Waals surface area (Å²) in [6, 6.07) is 9.00. The normalized spacial score (nSPS) is 17.7. The predicted octanol–water partition coefficient (Wildman–Crippen LogP) is 2.19. The molecule has 1 aliphatic rings. The van der Waals surface area contributed by atoms with Gasteiger partial charge in [0.25, 0.3) is 0 Å². The van der Waals surface area contributed by atoms with Crippen LogP contribution in [0, 0.1) is 0 Å². The van der Waals surface area contributed by atoms with Crippen molar-refractivity contribution in [3.63, 3.8) is 0 Å². The van der Waals surface area contributed by atoms with Crippen LogP contribution >= 0.6 is 0 Å². The van der Waals surface area contributed by atoms with Crippen molar-refractivity contribution in [2.75, 3.05) is 25.9 Å². The number of piperidine rings is 1. The van der Waals surface area contributed by atoms with E-state index in [4.69, 9.17) is 4.42 Å². The zero-order chi connectivity index (χ0) is 19.5. The summed E-state index contributed by atoms with van der Waals surface area (Å²) in [4.78, 5) is 1.77. The minimum Gasteiger partial charge on any atom is -0.468 e. The number of hydrogen-bond acceptors (Lipinski definition) is 6. The largest absolute Gasteiger partial charge is 0.468 e. The topological polar surface area (TPSA) is 96.7 Å². The molecular weight excluding hydrogens is 388 g/mol. The lowest BCUT2D eigenvalue weighted by Crippen LogP contribution is -2.40. The second-order valence-corrected chi connectivity index (χ2v) is 10.4. The van der Waals surface area contributed by atoms with Crippen molar-refractivity contribution >= 4 is 19.9 Å². The number of nitrogens with one attached hydrogen (secondary N) is 1. The molecule has 27 heavy (non-hydrogen) atoms. The van der Waals surface area contributed by atoms with Crippen molar-refractivity contribution < 1.29 is 21.3 Å². The minimum absolute atomic E-state index is 0.105. The summed E-state index contributed by atoms with van der Waals surface area (Å²) in [5, 5.41) is 0. The van der Waals surface area contributed by atoms with E-state index in [1.54, 1.807) is 12.3 Å². The first kappa shape index (κ1) is 20.1. The van der Waals surface area contributed by atoms with Gasteiger partial charge in [-0.05, 0) is 50.2 Å². The molecule has 2 aromatic rings. The maximum Gasteiger partial charge on any atom is 0.241 e. The number of likely N-dealkylation sites (tertiary alicyclic amines) is 1. The van der Waals surface area contributed by atoms with Gasteiger partial charge in [-0.1, -0.05) is 18.6 Å². The predicted molar refractivity (Wildman–Crippen MR) is 102 cm³/mol. The van der Waals surface area contributed by atoms with E-state index in [1.165, 1.54) is 24.3 Å². The molecule has 0 aliphatic carbocycles. The average Bonchev–Trinajstić information content (AvgIpc) is 3.16. The molecule has 0 spiro atoms. The van der Waals surface area contributed by atoms with Gasteiger partial charge < -0.3 is 4.42 Å². The number of rotatable bonds is 7. The Morgan fingerprint density at radius 1 is 1.00 bits per heavy atom. The van der Waals surface area contributed by atoms with Crippen LogP contribution < -0.4 is 4.72 Å². The zero-order valence-corrected chi connectivity index (χ0v) is 16.8. The van der Waals surface area contributed by atoms with Crippen LogP contribution in [0.4, 0.5) is 0 Å². The molecule has 3 rings (SSSR count). The van der Waals surface area contributed by atoms with Crippen molar-refractivity contribution in [3.8, 4) is 0 Å². The first-order valence-electron chi connectivity index (χ1n) is 8.85. The van der Waals surface area contributed by atoms with E-state index >= 15 is 0 Å². The lowest BCUT2D eigenvalue weighted by atomic mass is 10.1. The third-order valence-corrected chi connectivity index (χ3v) is 7.47. The number of nitrogens with zero attached hydrogens (tertiary/aromatic N) is 1. The summed E-state index contributed by atoms with van der Waals surface area (Å²) >= 11 is 0. The Kier molecular flexibility index (Phi) is 6.05. The van der Waals surface area contributed by atoms with Crippen LogP contribution in [0.25, 0.3) is 0 Å². The van der Waals surface area contributed by atoms with Crippen molar-refractivity contribution in [1.29, 1.82) is 0 Å². The van der Waals surface area contributed by atoms with E-state index in [0.717, 1.165) is 38.6 Å². The van der Waals surface area contributed by atoms with Crippen molar-refractivity contribution in [1.82, 2.24) is 9.62 Å². The second-order valence-electron chi connectivity index (χ2n) is 6.70. The molecule has 9 heteroatoms. The van der Waals surface area contributed by atoms with Gasteiger partial charge in [-0.2, -0.15) is 0 Å². The van der Waals surface area contributed by atoms with E-state index in [2.05, 4.69) is 9.62 Å². The smallest absolute Gasteiger partial charge is 0.241 e. The molecule has 1 unspecified atom stereocenters. The molecule has 7 nitrogen and oxygen atoms in total. The molecule has 2 heterocycles. The third-order valence-electron chi connectivity index (χ3n) is 4.71. The highest BCUT2D eigenvalue weighted by Gasteiger charge is 2.28. The van der Waals surface area contributed by atoms with Gasteiger partial charge in [0.05, 0.1) is 17.2 Å². The van der Waals surface area contributed by atoms with E-state index in [9.17, 15) is 16.8 Å². The number of benzene rings is 1. The number of sulfone groups is 1. The molecule has 1 aliphatic heterocycles. The first-order valence-corrected chi connectivity index (χ1v) is 12.2. The second kappa shape index (κ2) is 8.14. The maximum atomic E-state index is 12.8. The molecule has 0 bridgehead atoms. The van der Waals surface area contributed by atoms with Crippen molar-refractivity contribution in [3.05, 3.63) is 48.4 Å². The molecule has 1 aromatic heterocycles. The van der Waals surface area contributed by atoms with Gasteiger partial charge in [0.15, 0.2) is 9.84 Å². The molecule has 1 saturated heterocycles. The summed E-state index contributed by atoms with van der Waals surface area (Å²) in [6.45, 7) is 1.84. The summed E-state index contributed by atoms with van der Waals surface area (Å²) in [7, 11) is -7.66. The summed E-state index contributed by atoms with van der Waals surface area (Å²) in [6.07, 6.45) is 5.84. The Hall–Kier alpha value is -1.68. The lowest BCUT2D eigenvalue weighted by Gasteiger charge is -2.33. The highest BCUT2D eigenvalue weighted by Crippen LogP contribution is 2.26. The molecule has 1 aromatic carbocycles. The zero-order valence-electron chi connectivity index (χ0n) is 15.2. The van der Waals surface area contributed by atoms with Crippen molar-refractivity contribution in [2.45, 2.75) is 35.1 Å². The molecule has 148 valence electrons. The van der Waals surface area contributed by atoms with Gasteiger partial charge in [0.1, 0.15) is 10.7 Å². The monoisotopic (exact) mass is 412 g/mol. The van der Waals surface area contributed by atoms with E-state index in [0.29, 0.717) is 5.76 Å². The molecule has 1 fully saturated rings. The van der Waals surface area contributed by atoms with Gasteiger partial charge in [0.2, 0.25) is 10.0 Å². The van der Waals surface area contributed by atoms with E-state index in [-0.39, 0.29) is 22.4 Å². The number of furan rings is 1. The molecule has 1 N–H and O–H groups in total. The molecule has 0 amide bonds. The fraction of sp³-hybridized carbons (Fsp3) is 0.444. The highest BCUT2D eigenvalue weighted by atomic mass is 32.2. The number of sulfonamides is 1. The first-order chi connectivity index (χ1) is 12.8. The third kappa shape index (κ3) is 4.78. The Labute approximate surface area is 160 Å². The van der Waals surface area contributed by atoms with Crippen LogP contribution in [-0.4, -0.2) is 47.6 Å². The quantitative estimate of drug-likeness (QED) is 0.749. The van der Waals surface area contributed by atoms with Crippen LogP contribution in [0.3, 0.4) is 0 Å². The van der Waals surface area contributed by atoms with Gasteiger partial charge >= 0.3 is 0 Å². The molecule has 0 radical (unpaired) electrons. The Bertz CT molecular complexity index is 963. The van der Waals surface area contributed by atoms with Gasteiger partial charge in [0, 0.05) is 12.8 Å². The molecular formula is C18H24N2O5S2. The fourth-order valence-corrected chi connectivity index (χ4v) is 6.03. The van der Waals surface area contributed by atoms with Crippen molar-refractivity contribution in [2.24, 2.45) is 0 Å². The van der Waals surface area contributed by atoms with E-state index < -0.39 is 19.9 Å². The van der Waals surface area contributed by atoms with Crippen LogP contribution in [0.5, 0.6) is 0 Å². The SMILES string of the molecule is CS(=O)(=O)c1ccccc1S(=O)(=O)NCC(c1ccco1)N1CCCCC1. The summed E-state index contributed by atoms with van der Waals surface area (Å²) in [5.74, 6) is 0.691. The van der Waals surface area contributed by atoms with Gasteiger partial charge in [-0.15, -0.1) is 0 Å². The fourth-order valence-electron chi connectivity index (χ4n) is 3.37. The summed E-state index contributed by atoms with van der Waals surface area (Å²) in [5.41, 5.74) is 0. The summed E-state index contributed by atoms with van der Waals surface area (Å²) < 4.78 is 57.7. The maximum absolute atomic E-state index is 12.8. The minimum atomic E-state index is -4.00. The Balaban J connectivity index is 1.85. The molecule has 0 saturated carbocycles. The van der Waals surface area contributed by atoms with Crippen LogP contribution in [0.2, 0.25) is 0 Å². The lowest BCUT2D eigenvalue weighted by molar-refractivity contribution is 0.147. The van der Waals surface area contributed by atoms with Gasteiger partial charge in [-0.25, -0.2) is 21.6 Å². The van der Waals surface area contributed by atoms with Crippen LogP contribution in [0.15, 0.2) is 56.9 Å². The van der Waals surface area contributed by atoms with Crippen LogP contribution in [-0.2, 0) is 19.9 Å². The average molecular weight is 413 g/mol. The highest BCUT2D eigenvalue weighted by molar-refractivity contribution is 7.93. The number of hydrogen-bond donors (Lipinski definition) is 1. The van der Waals surface area contributed by atoms with Gasteiger partial charge in [-0.3, -0.25) is 4.90 Å². The standard InChI is InChI=1S/C18H24N2O5S2/c1-26(21,22)17-9-3-4-10-18(17)27(23,24)19-14-15(16-8-7-13-25-16)20-11-5-2-6-12-20/h3-4,7-10,13,15,19H,2,5-6,11-12,14H2,1H3. The van der Waals surface area contributed by atoms with E-state index in [1.807, 2.05) is 6.07 Å². The van der Waals surface area contributed by atoms with Crippen LogP contribution in [0.1, 0.15) is 31.1 Å². The molecule has 1 atom stereocenters. The Morgan fingerprint density at radius 3 is 2.26 bits per heavy atom.